The van der Waals surface area contributed by atoms with Crippen LogP contribution in [0.1, 0.15) is 46.0 Å². The Morgan fingerprint density at radius 1 is 1.29 bits per heavy atom. The maximum absolute atomic E-state index is 5.12. The molecule has 0 fully saturated rings. The molecule has 0 bridgehead atoms. The third-order valence-electron chi connectivity index (χ3n) is 2.84. The van der Waals surface area contributed by atoms with E-state index in [0.717, 1.165) is 6.61 Å². The van der Waals surface area contributed by atoms with E-state index in [9.17, 15) is 0 Å². The quantitative estimate of drug-likeness (QED) is 0.663. The van der Waals surface area contributed by atoms with Gasteiger partial charge < -0.3 is 4.74 Å². The summed E-state index contributed by atoms with van der Waals surface area (Å²) in [7, 11) is 1.76. The van der Waals surface area contributed by atoms with Crippen molar-refractivity contribution in [2.24, 2.45) is 0 Å². The molecule has 0 saturated carbocycles. The average molecular weight is 194 g/mol. The highest BCUT2D eigenvalue weighted by Crippen LogP contribution is 2.24. The van der Waals surface area contributed by atoms with Gasteiger partial charge in [0.1, 0.15) is 0 Å². The summed E-state index contributed by atoms with van der Waals surface area (Å²) >= 11 is 0. The molecule has 1 aliphatic rings. The molecule has 0 aromatic heterocycles. The number of rotatable bonds is 3. The van der Waals surface area contributed by atoms with Crippen molar-refractivity contribution in [2.75, 3.05) is 13.7 Å². The van der Waals surface area contributed by atoms with Crippen molar-refractivity contribution < 1.29 is 4.74 Å². The van der Waals surface area contributed by atoms with Crippen molar-refractivity contribution in [1.29, 1.82) is 0 Å². The molecule has 0 heterocycles. The summed E-state index contributed by atoms with van der Waals surface area (Å²) in [6.07, 6.45) is 8.97. The van der Waals surface area contributed by atoms with E-state index in [-0.39, 0.29) is 0 Å². The van der Waals surface area contributed by atoms with Crippen LogP contribution >= 0.6 is 0 Å². The van der Waals surface area contributed by atoms with Gasteiger partial charge in [0.25, 0.3) is 0 Å². The van der Waals surface area contributed by atoms with Crippen LogP contribution in [0.3, 0.4) is 0 Å². The van der Waals surface area contributed by atoms with Crippen LogP contribution in [-0.4, -0.2) is 13.7 Å². The number of hydrogen-bond acceptors (Lipinski definition) is 1. The molecule has 0 aliphatic heterocycles. The fraction of sp³-hybridized carbons (Fsp3) is 0.692. The van der Waals surface area contributed by atoms with Gasteiger partial charge in [-0.1, -0.05) is 18.1 Å². The van der Waals surface area contributed by atoms with Crippen LogP contribution < -0.4 is 0 Å². The fourth-order valence-corrected chi connectivity index (χ4v) is 2.02. The van der Waals surface area contributed by atoms with Crippen molar-refractivity contribution in [2.45, 2.75) is 46.0 Å². The SMILES string of the molecule is COCC(C)=CC1=C(C)CCCCC1. The molecule has 0 atom stereocenters. The van der Waals surface area contributed by atoms with Gasteiger partial charge in [0.15, 0.2) is 0 Å². The molecule has 14 heavy (non-hydrogen) atoms. The van der Waals surface area contributed by atoms with E-state index in [0.29, 0.717) is 0 Å². The third kappa shape index (κ3) is 3.67. The monoisotopic (exact) mass is 194 g/mol. The smallest absolute Gasteiger partial charge is 0.0673 e. The molecular weight excluding hydrogens is 172 g/mol. The molecule has 0 aromatic carbocycles. The minimum Gasteiger partial charge on any atom is -0.380 e. The van der Waals surface area contributed by atoms with Crippen molar-refractivity contribution in [3.8, 4) is 0 Å². The molecule has 0 saturated heterocycles. The van der Waals surface area contributed by atoms with E-state index < -0.39 is 0 Å². The topological polar surface area (TPSA) is 9.23 Å². The largest absolute Gasteiger partial charge is 0.380 e. The van der Waals surface area contributed by atoms with Gasteiger partial charge in [0.05, 0.1) is 6.61 Å². The molecule has 80 valence electrons. The zero-order valence-electron chi connectivity index (χ0n) is 9.73. The predicted octanol–water partition coefficient (Wildman–Crippen LogP) is 3.86. The van der Waals surface area contributed by atoms with Crippen LogP contribution in [0.5, 0.6) is 0 Å². The maximum Gasteiger partial charge on any atom is 0.0673 e. The van der Waals surface area contributed by atoms with E-state index in [1.165, 1.54) is 37.7 Å². The Labute approximate surface area is 87.8 Å². The van der Waals surface area contributed by atoms with E-state index in [4.69, 9.17) is 4.74 Å². The van der Waals surface area contributed by atoms with Crippen LogP contribution in [0.25, 0.3) is 0 Å². The number of allylic oxidation sites excluding steroid dienone is 3. The average Bonchev–Trinajstić information content (AvgIpc) is 2.33. The van der Waals surface area contributed by atoms with E-state index in [1.54, 1.807) is 18.3 Å². The maximum atomic E-state index is 5.12. The molecular formula is C13H22O. The first kappa shape index (κ1) is 11.5. The summed E-state index contributed by atoms with van der Waals surface area (Å²) in [5, 5.41) is 0. The lowest BCUT2D eigenvalue weighted by Gasteiger charge is -2.06. The minimum absolute atomic E-state index is 0.761. The molecule has 0 radical (unpaired) electrons. The molecule has 1 heteroatoms. The van der Waals surface area contributed by atoms with Crippen LogP contribution in [0, 0.1) is 0 Å². The minimum atomic E-state index is 0.761. The Morgan fingerprint density at radius 2 is 2.00 bits per heavy atom. The zero-order valence-corrected chi connectivity index (χ0v) is 9.73. The third-order valence-corrected chi connectivity index (χ3v) is 2.84. The van der Waals surface area contributed by atoms with Gasteiger partial charge in [-0.05, 0) is 50.7 Å². The fourth-order valence-electron chi connectivity index (χ4n) is 2.02. The molecule has 0 aromatic rings. The van der Waals surface area contributed by atoms with Crippen LogP contribution in [-0.2, 0) is 4.74 Å². The highest BCUT2D eigenvalue weighted by atomic mass is 16.5. The zero-order chi connectivity index (χ0) is 10.4. The van der Waals surface area contributed by atoms with Crippen molar-refractivity contribution in [3.05, 3.63) is 22.8 Å². The summed E-state index contributed by atoms with van der Waals surface area (Å²) < 4.78 is 5.12. The number of hydrogen-bond donors (Lipinski definition) is 0. The first-order valence-corrected chi connectivity index (χ1v) is 5.58. The Kier molecular flexibility index (Phi) is 4.95. The lowest BCUT2D eigenvalue weighted by molar-refractivity contribution is 0.226. The summed E-state index contributed by atoms with van der Waals surface area (Å²) in [5.41, 5.74) is 4.47. The van der Waals surface area contributed by atoms with Gasteiger partial charge in [0.2, 0.25) is 0 Å². The normalized spacial score (nSPS) is 19.8. The highest BCUT2D eigenvalue weighted by molar-refractivity contribution is 5.28. The van der Waals surface area contributed by atoms with Crippen LogP contribution in [0.15, 0.2) is 22.8 Å². The first-order valence-electron chi connectivity index (χ1n) is 5.58. The Hall–Kier alpha value is -0.560. The second kappa shape index (κ2) is 6.02. The molecule has 0 N–H and O–H groups in total. The molecule has 1 rings (SSSR count). The van der Waals surface area contributed by atoms with Gasteiger partial charge in [0, 0.05) is 7.11 Å². The van der Waals surface area contributed by atoms with Crippen molar-refractivity contribution in [3.63, 3.8) is 0 Å². The van der Waals surface area contributed by atoms with E-state index >= 15 is 0 Å². The molecule has 0 amide bonds. The number of methoxy groups -OCH3 is 1. The predicted molar refractivity (Wildman–Crippen MR) is 61.4 cm³/mol. The Bertz CT molecular complexity index is 236. The second-order valence-corrected chi connectivity index (χ2v) is 4.29. The summed E-state index contributed by atoms with van der Waals surface area (Å²) in [6.45, 7) is 5.18. The standard InChI is InChI=1S/C13H22O/c1-11(10-14-3)9-13-8-6-4-5-7-12(13)2/h9H,4-8,10H2,1-3H3. The first-order chi connectivity index (χ1) is 6.74. The van der Waals surface area contributed by atoms with E-state index in [1.807, 2.05) is 0 Å². The van der Waals surface area contributed by atoms with Gasteiger partial charge in [-0.15, -0.1) is 0 Å². The van der Waals surface area contributed by atoms with Crippen LogP contribution in [0.2, 0.25) is 0 Å². The Morgan fingerprint density at radius 3 is 2.71 bits per heavy atom. The summed E-state index contributed by atoms with van der Waals surface area (Å²) in [6, 6.07) is 0. The lowest BCUT2D eigenvalue weighted by Crippen LogP contribution is -1.92. The molecule has 0 unspecified atom stereocenters. The highest BCUT2D eigenvalue weighted by Gasteiger charge is 2.05. The number of ether oxygens (including phenoxy) is 1. The van der Waals surface area contributed by atoms with Gasteiger partial charge >= 0.3 is 0 Å². The van der Waals surface area contributed by atoms with Crippen LogP contribution in [0.4, 0.5) is 0 Å². The molecule has 0 spiro atoms. The molecule has 1 aliphatic carbocycles. The lowest BCUT2D eigenvalue weighted by atomic mass is 10.0. The van der Waals surface area contributed by atoms with Crippen molar-refractivity contribution >= 4 is 0 Å². The van der Waals surface area contributed by atoms with Gasteiger partial charge in [-0.2, -0.15) is 0 Å². The van der Waals surface area contributed by atoms with E-state index in [2.05, 4.69) is 19.9 Å². The molecule has 1 nitrogen and oxygen atoms in total. The Balaban J connectivity index is 2.68. The second-order valence-electron chi connectivity index (χ2n) is 4.29. The summed E-state index contributed by atoms with van der Waals surface area (Å²) in [4.78, 5) is 0. The van der Waals surface area contributed by atoms with Gasteiger partial charge in [-0.3, -0.25) is 0 Å². The van der Waals surface area contributed by atoms with Gasteiger partial charge in [-0.25, -0.2) is 0 Å². The summed E-state index contributed by atoms with van der Waals surface area (Å²) in [5.74, 6) is 0. The van der Waals surface area contributed by atoms with Crippen molar-refractivity contribution in [1.82, 2.24) is 0 Å².